The van der Waals surface area contributed by atoms with Gasteiger partial charge in [-0.15, -0.1) is 0 Å². The van der Waals surface area contributed by atoms with Crippen LogP contribution in [0.2, 0.25) is 0 Å². The summed E-state index contributed by atoms with van der Waals surface area (Å²) in [6.45, 7) is 4.26. The molecule has 4 rings (SSSR count). The third kappa shape index (κ3) is 2.94. The molecule has 2 bridgehead atoms. The average Bonchev–Trinajstić information content (AvgIpc) is 2.94. The summed E-state index contributed by atoms with van der Waals surface area (Å²) in [4.78, 5) is 17.1. The Morgan fingerprint density at radius 3 is 3.00 bits per heavy atom. The van der Waals surface area contributed by atoms with Crippen LogP contribution < -0.4 is 15.4 Å². The number of halogens is 1. The minimum absolute atomic E-state index is 0.254. The lowest BCUT2D eigenvalue weighted by Crippen LogP contribution is -2.34. The lowest BCUT2D eigenvalue weighted by molar-refractivity contribution is 0.0933. The quantitative estimate of drug-likeness (QED) is 0.647. The smallest absolute Gasteiger partial charge is 0.257 e. The van der Waals surface area contributed by atoms with E-state index in [2.05, 4.69) is 20.7 Å². The van der Waals surface area contributed by atoms with Crippen molar-refractivity contribution in [2.45, 2.75) is 26.5 Å². The number of amides is 1. The first kappa shape index (κ1) is 16.3. The number of hydrogen-bond donors (Lipinski definition) is 2. The van der Waals surface area contributed by atoms with E-state index >= 15 is 0 Å². The van der Waals surface area contributed by atoms with Crippen LogP contribution in [0.5, 0.6) is 5.75 Å². The van der Waals surface area contributed by atoms with E-state index in [0.717, 1.165) is 0 Å². The molecule has 8 heteroatoms. The summed E-state index contributed by atoms with van der Waals surface area (Å²) in [6, 6.07) is 6.14. The fourth-order valence-corrected chi connectivity index (χ4v) is 2.97. The Kier molecular flexibility index (Phi) is 3.95. The maximum absolute atomic E-state index is 13.7. The number of carbonyl (C=O) groups is 1. The highest BCUT2D eigenvalue weighted by molar-refractivity contribution is 6.01. The van der Waals surface area contributed by atoms with E-state index in [4.69, 9.17) is 4.74 Å². The van der Waals surface area contributed by atoms with Crippen molar-refractivity contribution in [2.75, 3.05) is 11.9 Å². The van der Waals surface area contributed by atoms with Crippen molar-refractivity contribution in [3.05, 3.63) is 53.1 Å². The fraction of sp³-hybridized carbons (Fsp3) is 0.278. The molecule has 0 radical (unpaired) electrons. The first-order valence-corrected chi connectivity index (χ1v) is 8.34. The first-order chi connectivity index (χ1) is 12.5. The number of anilines is 1. The number of nitrogens with one attached hydrogen (secondary N) is 2. The molecular weight excluding hydrogens is 337 g/mol. The molecule has 3 heterocycles. The number of rotatable bonds is 0. The van der Waals surface area contributed by atoms with Crippen molar-refractivity contribution in [3.63, 3.8) is 0 Å². The number of carbonyl (C=O) groups excluding carboxylic acids is 1. The number of aromatic nitrogens is 3. The van der Waals surface area contributed by atoms with Crippen LogP contribution in [0.15, 0.2) is 30.5 Å². The van der Waals surface area contributed by atoms with E-state index in [1.54, 1.807) is 29.8 Å². The van der Waals surface area contributed by atoms with E-state index in [9.17, 15) is 9.18 Å². The highest BCUT2D eigenvalue weighted by atomic mass is 19.1. The average molecular weight is 355 g/mol. The molecule has 1 aromatic carbocycles. The molecule has 0 spiro atoms. The number of aryl methyl sites for hydroxylation is 1. The van der Waals surface area contributed by atoms with E-state index in [-0.39, 0.29) is 17.8 Å². The van der Waals surface area contributed by atoms with Crippen molar-refractivity contribution < 1.29 is 13.9 Å². The second kappa shape index (κ2) is 6.29. The van der Waals surface area contributed by atoms with Crippen LogP contribution in [0.25, 0.3) is 5.65 Å². The molecule has 1 unspecified atom stereocenters. The van der Waals surface area contributed by atoms with Gasteiger partial charge in [0.15, 0.2) is 5.65 Å². The standard InChI is InChI=1S/C18H18FN5O2/c1-10-8-21-18(25)16-11(2)23-24-6-5-15(22-17(16)24)20-9-12-7-13(19)3-4-14(12)26-10/h3-7,10H,8-9H2,1-2H3,(H,20,22)(H,21,25). The molecule has 0 aliphatic carbocycles. The SMILES string of the molecule is Cc1nn2ccc3nc2c1C(=O)NCC(C)Oc1ccc(F)cc1CN3. The number of hydrogen-bond acceptors (Lipinski definition) is 5. The normalized spacial score (nSPS) is 17.3. The summed E-state index contributed by atoms with van der Waals surface area (Å²) < 4.78 is 21.1. The minimum atomic E-state index is -0.337. The molecular formula is C18H18FN5O2. The predicted molar refractivity (Wildman–Crippen MR) is 93.9 cm³/mol. The van der Waals surface area contributed by atoms with Gasteiger partial charge in [-0.05, 0) is 38.1 Å². The van der Waals surface area contributed by atoms with Gasteiger partial charge in [-0.3, -0.25) is 4.79 Å². The van der Waals surface area contributed by atoms with E-state index in [0.29, 0.717) is 47.1 Å². The third-order valence-electron chi connectivity index (χ3n) is 4.25. The van der Waals surface area contributed by atoms with Gasteiger partial charge in [0.05, 0.1) is 12.2 Å². The molecule has 1 atom stereocenters. The Morgan fingerprint density at radius 2 is 2.15 bits per heavy atom. The zero-order chi connectivity index (χ0) is 18.3. The van der Waals surface area contributed by atoms with Crippen LogP contribution in [-0.4, -0.2) is 33.2 Å². The van der Waals surface area contributed by atoms with Gasteiger partial charge in [0, 0.05) is 18.3 Å². The number of fused-ring (bicyclic) bond motifs is 2. The third-order valence-corrected chi connectivity index (χ3v) is 4.25. The van der Waals surface area contributed by atoms with Gasteiger partial charge in [0.2, 0.25) is 0 Å². The molecule has 26 heavy (non-hydrogen) atoms. The number of ether oxygens (including phenoxy) is 1. The van der Waals surface area contributed by atoms with Crippen LogP contribution in [0.1, 0.15) is 28.5 Å². The summed E-state index contributed by atoms with van der Waals surface area (Å²) in [5.41, 5.74) is 2.18. The number of nitrogens with zero attached hydrogens (tertiary/aromatic N) is 3. The van der Waals surface area contributed by atoms with E-state index in [1.807, 2.05) is 6.92 Å². The van der Waals surface area contributed by atoms with Crippen molar-refractivity contribution in [2.24, 2.45) is 0 Å². The molecule has 0 fully saturated rings. The van der Waals surface area contributed by atoms with Gasteiger partial charge in [0.25, 0.3) is 5.91 Å². The molecule has 2 aromatic heterocycles. The largest absolute Gasteiger partial charge is 0.489 e. The van der Waals surface area contributed by atoms with Gasteiger partial charge < -0.3 is 15.4 Å². The topological polar surface area (TPSA) is 80.6 Å². The van der Waals surface area contributed by atoms with Gasteiger partial charge in [0.1, 0.15) is 29.1 Å². The summed E-state index contributed by atoms with van der Waals surface area (Å²) in [6.07, 6.45) is 1.45. The molecule has 134 valence electrons. The van der Waals surface area contributed by atoms with Gasteiger partial charge in [-0.2, -0.15) is 5.10 Å². The Balaban J connectivity index is 1.80. The number of benzene rings is 1. The van der Waals surface area contributed by atoms with Crippen molar-refractivity contribution >= 4 is 17.4 Å². The maximum atomic E-state index is 13.7. The molecule has 0 saturated heterocycles. The van der Waals surface area contributed by atoms with Gasteiger partial charge >= 0.3 is 0 Å². The highest BCUT2D eigenvalue weighted by Crippen LogP contribution is 2.23. The second-order valence-corrected chi connectivity index (χ2v) is 6.29. The minimum Gasteiger partial charge on any atom is -0.489 e. The molecule has 1 aliphatic heterocycles. The molecule has 2 N–H and O–H groups in total. The molecule has 0 saturated carbocycles. The fourth-order valence-electron chi connectivity index (χ4n) is 2.97. The first-order valence-electron chi connectivity index (χ1n) is 8.34. The van der Waals surface area contributed by atoms with Gasteiger partial charge in [-0.25, -0.2) is 13.9 Å². The van der Waals surface area contributed by atoms with Crippen LogP contribution in [0.3, 0.4) is 0 Å². The Labute approximate surface area is 149 Å². The Hall–Kier alpha value is -3.16. The molecule has 7 nitrogen and oxygen atoms in total. The van der Waals surface area contributed by atoms with E-state index < -0.39 is 0 Å². The Bertz CT molecular complexity index is 1000. The maximum Gasteiger partial charge on any atom is 0.257 e. The zero-order valence-electron chi connectivity index (χ0n) is 14.4. The summed E-state index contributed by atoms with van der Waals surface area (Å²) in [7, 11) is 0. The molecule has 1 amide bonds. The molecule has 1 aliphatic rings. The Morgan fingerprint density at radius 1 is 1.31 bits per heavy atom. The van der Waals surface area contributed by atoms with Crippen molar-refractivity contribution in [1.82, 2.24) is 19.9 Å². The van der Waals surface area contributed by atoms with Crippen LogP contribution in [0.4, 0.5) is 10.2 Å². The van der Waals surface area contributed by atoms with Crippen molar-refractivity contribution in [1.29, 1.82) is 0 Å². The van der Waals surface area contributed by atoms with Crippen LogP contribution in [-0.2, 0) is 6.54 Å². The predicted octanol–water partition coefficient (Wildman–Crippen LogP) is 2.30. The zero-order valence-corrected chi connectivity index (χ0v) is 14.4. The van der Waals surface area contributed by atoms with Crippen molar-refractivity contribution in [3.8, 4) is 5.75 Å². The molecule has 3 aromatic rings. The second-order valence-electron chi connectivity index (χ2n) is 6.29. The van der Waals surface area contributed by atoms with Crippen LogP contribution in [0, 0.1) is 12.7 Å². The summed E-state index contributed by atoms with van der Waals surface area (Å²) in [5, 5.41) is 10.3. The summed E-state index contributed by atoms with van der Waals surface area (Å²) >= 11 is 0. The monoisotopic (exact) mass is 355 g/mol. The van der Waals surface area contributed by atoms with Gasteiger partial charge in [-0.1, -0.05) is 0 Å². The highest BCUT2D eigenvalue weighted by Gasteiger charge is 2.20. The van der Waals surface area contributed by atoms with E-state index in [1.165, 1.54) is 12.1 Å². The lowest BCUT2D eigenvalue weighted by atomic mass is 10.2. The lowest BCUT2D eigenvalue weighted by Gasteiger charge is -2.18. The van der Waals surface area contributed by atoms with Crippen LogP contribution >= 0.6 is 0 Å². The summed E-state index contributed by atoms with van der Waals surface area (Å²) in [5.74, 6) is 0.543.